The number of ether oxygens (including phenoxy) is 1. The van der Waals surface area contributed by atoms with E-state index < -0.39 is 0 Å². The predicted molar refractivity (Wildman–Crippen MR) is 109 cm³/mol. The van der Waals surface area contributed by atoms with Gasteiger partial charge < -0.3 is 19.6 Å². The lowest BCUT2D eigenvalue weighted by Gasteiger charge is -2.19. The summed E-state index contributed by atoms with van der Waals surface area (Å²) >= 11 is 0. The molecule has 1 atom stereocenters. The molecule has 0 bridgehead atoms. The second-order valence-corrected chi connectivity index (χ2v) is 6.85. The van der Waals surface area contributed by atoms with E-state index >= 15 is 0 Å². The molecule has 2 N–H and O–H groups in total. The summed E-state index contributed by atoms with van der Waals surface area (Å²) in [7, 11) is 3.54. The van der Waals surface area contributed by atoms with E-state index in [2.05, 4.69) is 15.3 Å². The fraction of sp³-hybridized carbons (Fsp3) is 0.182. The highest BCUT2D eigenvalue weighted by atomic mass is 16.5. The zero-order valence-electron chi connectivity index (χ0n) is 16.1. The fourth-order valence-corrected chi connectivity index (χ4v) is 3.32. The number of aromatic amines is 1. The minimum atomic E-state index is -0.383. The first kappa shape index (κ1) is 17.9. The Kier molecular flexibility index (Phi) is 4.61. The predicted octanol–water partition coefficient (Wildman–Crippen LogP) is 3.74. The molecule has 0 aliphatic heterocycles. The van der Waals surface area contributed by atoms with Crippen molar-refractivity contribution in [2.45, 2.75) is 13.0 Å². The third-order valence-corrected chi connectivity index (χ3v) is 4.86. The van der Waals surface area contributed by atoms with Gasteiger partial charge in [0, 0.05) is 30.3 Å². The number of aromatic nitrogens is 3. The standard InChI is InChI=1S/C22H22N4O2/c1-14-4-5-16-13-19(24-18(16)12-14)22(27)25-20(21-23-10-11-26(21)2)15-6-8-17(28-3)9-7-15/h4-13,20,24H,1-3H3,(H,25,27). The molecule has 0 radical (unpaired) electrons. The maximum atomic E-state index is 13.0. The van der Waals surface area contributed by atoms with E-state index in [-0.39, 0.29) is 11.9 Å². The van der Waals surface area contributed by atoms with Gasteiger partial charge in [-0.15, -0.1) is 0 Å². The Hall–Kier alpha value is -3.54. The van der Waals surface area contributed by atoms with E-state index in [1.165, 1.54) is 0 Å². The average Bonchev–Trinajstić information content (AvgIpc) is 3.32. The number of aryl methyl sites for hydroxylation is 2. The Morgan fingerprint density at radius 3 is 2.64 bits per heavy atom. The van der Waals surface area contributed by atoms with Crippen molar-refractivity contribution in [3.63, 3.8) is 0 Å². The third-order valence-electron chi connectivity index (χ3n) is 4.86. The van der Waals surface area contributed by atoms with E-state index in [9.17, 15) is 4.79 Å². The molecule has 6 nitrogen and oxygen atoms in total. The quantitative estimate of drug-likeness (QED) is 0.559. The summed E-state index contributed by atoms with van der Waals surface area (Å²) in [4.78, 5) is 20.7. The number of nitrogens with one attached hydrogen (secondary N) is 2. The first-order valence-electron chi connectivity index (χ1n) is 9.06. The number of hydrogen-bond acceptors (Lipinski definition) is 3. The maximum absolute atomic E-state index is 13.0. The number of methoxy groups -OCH3 is 1. The molecule has 2 aromatic carbocycles. The number of rotatable bonds is 5. The zero-order chi connectivity index (χ0) is 19.7. The lowest BCUT2D eigenvalue weighted by atomic mass is 10.1. The highest BCUT2D eigenvalue weighted by Gasteiger charge is 2.22. The normalized spacial score (nSPS) is 12.1. The summed E-state index contributed by atoms with van der Waals surface area (Å²) in [6.07, 6.45) is 3.59. The summed E-state index contributed by atoms with van der Waals surface area (Å²) in [5, 5.41) is 4.12. The van der Waals surface area contributed by atoms with E-state index in [0.29, 0.717) is 5.69 Å². The molecule has 142 valence electrons. The van der Waals surface area contributed by atoms with Crippen LogP contribution in [-0.4, -0.2) is 27.6 Å². The van der Waals surface area contributed by atoms with Gasteiger partial charge >= 0.3 is 0 Å². The van der Waals surface area contributed by atoms with Crippen LogP contribution < -0.4 is 10.1 Å². The second kappa shape index (κ2) is 7.23. The fourth-order valence-electron chi connectivity index (χ4n) is 3.32. The van der Waals surface area contributed by atoms with Crippen molar-refractivity contribution < 1.29 is 9.53 Å². The van der Waals surface area contributed by atoms with Crippen LogP contribution in [0.1, 0.15) is 33.5 Å². The van der Waals surface area contributed by atoms with Gasteiger partial charge in [-0.25, -0.2) is 4.98 Å². The lowest BCUT2D eigenvalue weighted by molar-refractivity contribution is 0.0937. The number of carbonyl (C=O) groups excluding carboxylic acids is 1. The molecule has 28 heavy (non-hydrogen) atoms. The van der Waals surface area contributed by atoms with Crippen LogP contribution in [0, 0.1) is 6.92 Å². The van der Waals surface area contributed by atoms with E-state index in [4.69, 9.17) is 4.74 Å². The van der Waals surface area contributed by atoms with Gasteiger partial charge in [0.15, 0.2) is 0 Å². The summed E-state index contributed by atoms with van der Waals surface area (Å²) < 4.78 is 7.15. The van der Waals surface area contributed by atoms with Gasteiger partial charge in [0.05, 0.1) is 7.11 Å². The second-order valence-electron chi connectivity index (χ2n) is 6.85. The molecule has 0 fully saturated rings. The number of fused-ring (bicyclic) bond motifs is 1. The third kappa shape index (κ3) is 3.36. The molecule has 0 saturated carbocycles. The molecule has 2 heterocycles. The van der Waals surface area contributed by atoms with Crippen LogP contribution >= 0.6 is 0 Å². The summed E-state index contributed by atoms with van der Waals surface area (Å²) in [6, 6.07) is 15.2. The molecule has 0 spiro atoms. The summed E-state index contributed by atoms with van der Waals surface area (Å²) in [5.74, 6) is 1.34. The molecule has 0 aliphatic carbocycles. The van der Waals surface area contributed by atoms with Gasteiger partial charge in [0.25, 0.3) is 5.91 Å². The van der Waals surface area contributed by atoms with Crippen molar-refractivity contribution in [1.29, 1.82) is 0 Å². The lowest BCUT2D eigenvalue weighted by Crippen LogP contribution is -2.31. The Balaban J connectivity index is 1.67. The maximum Gasteiger partial charge on any atom is 0.268 e. The number of carbonyl (C=O) groups is 1. The van der Waals surface area contributed by atoms with E-state index in [1.54, 1.807) is 13.3 Å². The Labute approximate surface area is 163 Å². The Morgan fingerprint density at radius 1 is 1.18 bits per heavy atom. The zero-order valence-corrected chi connectivity index (χ0v) is 16.1. The van der Waals surface area contributed by atoms with Crippen molar-refractivity contribution in [1.82, 2.24) is 19.9 Å². The van der Waals surface area contributed by atoms with Crippen molar-refractivity contribution in [2.75, 3.05) is 7.11 Å². The monoisotopic (exact) mass is 374 g/mol. The van der Waals surface area contributed by atoms with Gasteiger partial charge in [-0.3, -0.25) is 4.79 Å². The minimum absolute atomic E-state index is 0.183. The van der Waals surface area contributed by atoms with Crippen LogP contribution in [0.15, 0.2) is 60.9 Å². The van der Waals surface area contributed by atoms with Gasteiger partial charge in [-0.05, 0) is 42.3 Å². The first-order chi connectivity index (χ1) is 13.5. The number of nitrogens with zero attached hydrogens (tertiary/aromatic N) is 2. The van der Waals surface area contributed by atoms with Crippen LogP contribution in [0.5, 0.6) is 5.75 Å². The summed E-state index contributed by atoms with van der Waals surface area (Å²) in [5.41, 5.74) is 3.54. The van der Waals surface area contributed by atoms with Crippen LogP contribution in [0.25, 0.3) is 10.9 Å². The smallest absolute Gasteiger partial charge is 0.268 e. The molecular formula is C22H22N4O2. The number of amides is 1. The van der Waals surface area contributed by atoms with Crippen molar-refractivity contribution in [3.05, 3.63) is 83.6 Å². The van der Waals surface area contributed by atoms with Crippen LogP contribution in [0.4, 0.5) is 0 Å². The molecule has 1 unspecified atom stereocenters. The van der Waals surface area contributed by atoms with Crippen LogP contribution in [-0.2, 0) is 7.05 Å². The minimum Gasteiger partial charge on any atom is -0.497 e. The average molecular weight is 374 g/mol. The molecule has 1 amide bonds. The van der Waals surface area contributed by atoms with Crippen molar-refractivity contribution >= 4 is 16.8 Å². The highest BCUT2D eigenvalue weighted by Crippen LogP contribution is 2.24. The van der Waals surface area contributed by atoms with Gasteiger partial charge in [0.2, 0.25) is 0 Å². The number of hydrogen-bond donors (Lipinski definition) is 2. The first-order valence-corrected chi connectivity index (χ1v) is 9.06. The Bertz CT molecular complexity index is 1130. The van der Waals surface area contributed by atoms with Crippen LogP contribution in [0.2, 0.25) is 0 Å². The summed E-state index contributed by atoms with van der Waals surface area (Å²) in [6.45, 7) is 2.03. The van der Waals surface area contributed by atoms with Crippen molar-refractivity contribution in [3.8, 4) is 5.75 Å². The number of imidazole rings is 1. The highest BCUT2D eigenvalue weighted by molar-refractivity contribution is 5.98. The largest absolute Gasteiger partial charge is 0.497 e. The SMILES string of the molecule is COc1ccc(C(NC(=O)c2cc3ccc(C)cc3[nH]2)c2nccn2C)cc1. The molecule has 4 rings (SSSR count). The topological polar surface area (TPSA) is 71.9 Å². The molecular weight excluding hydrogens is 352 g/mol. The molecule has 2 aromatic heterocycles. The van der Waals surface area contributed by atoms with Crippen LogP contribution in [0.3, 0.4) is 0 Å². The van der Waals surface area contributed by atoms with E-state index in [1.807, 2.05) is 73.3 Å². The number of benzene rings is 2. The Morgan fingerprint density at radius 2 is 1.96 bits per heavy atom. The molecule has 6 heteroatoms. The number of H-pyrrole nitrogens is 1. The van der Waals surface area contributed by atoms with Gasteiger partial charge in [-0.2, -0.15) is 0 Å². The van der Waals surface area contributed by atoms with Gasteiger partial charge in [0.1, 0.15) is 23.3 Å². The molecule has 4 aromatic rings. The van der Waals surface area contributed by atoms with Crippen molar-refractivity contribution in [2.24, 2.45) is 7.05 Å². The van der Waals surface area contributed by atoms with Gasteiger partial charge in [-0.1, -0.05) is 24.3 Å². The van der Waals surface area contributed by atoms with E-state index in [0.717, 1.165) is 33.6 Å². The molecule has 0 saturated heterocycles. The molecule has 0 aliphatic rings.